The van der Waals surface area contributed by atoms with E-state index in [-0.39, 0.29) is 40.6 Å². The van der Waals surface area contributed by atoms with Crippen molar-refractivity contribution in [1.29, 1.82) is 0 Å². The standard InChI is InChI=1S/C14H16O4.Na.H2O/c1-8(2)7-17-12-5-10(14(15)16)6-13-11(12)4-9(3)18-13;;/h4-6,8H,7H2,1-3H3,(H,15,16);;1H2/q;+1;/p-1. The van der Waals surface area contributed by atoms with Gasteiger partial charge < -0.3 is 19.7 Å². The molecule has 0 saturated carbocycles. The minimum absolute atomic E-state index is 0. The van der Waals surface area contributed by atoms with Crippen LogP contribution in [0.2, 0.25) is 0 Å². The second-order valence-electron chi connectivity index (χ2n) is 4.75. The summed E-state index contributed by atoms with van der Waals surface area (Å²) in [6.07, 6.45) is 0. The van der Waals surface area contributed by atoms with Gasteiger partial charge in [0.25, 0.3) is 0 Å². The van der Waals surface area contributed by atoms with Gasteiger partial charge in [0.05, 0.1) is 17.6 Å². The molecule has 20 heavy (non-hydrogen) atoms. The van der Waals surface area contributed by atoms with E-state index in [1.807, 2.05) is 26.8 Å². The van der Waals surface area contributed by atoms with Gasteiger partial charge in [0.1, 0.15) is 17.1 Å². The van der Waals surface area contributed by atoms with Crippen LogP contribution in [-0.4, -0.2) is 23.2 Å². The molecule has 1 heterocycles. The van der Waals surface area contributed by atoms with Crippen LogP contribution in [0.25, 0.3) is 11.0 Å². The van der Waals surface area contributed by atoms with E-state index in [9.17, 15) is 4.79 Å². The Balaban J connectivity index is 0.00000180. The van der Waals surface area contributed by atoms with Gasteiger partial charge in [0, 0.05) is 0 Å². The van der Waals surface area contributed by atoms with E-state index < -0.39 is 5.97 Å². The number of aryl methyl sites for hydroxylation is 1. The predicted octanol–water partition coefficient (Wildman–Crippen LogP) is 0.301. The van der Waals surface area contributed by atoms with Gasteiger partial charge in [0.2, 0.25) is 0 Å². The van der Waals surface area contributed by atoms with E-state index in [1.54, 1.807) is 6.07 Å². The summed E-state index contributed by atoms with van der Waals surface area (Å²) in [6.45, 7) is 6.45. The van der Waals surface area contributed by atoms with Gasteiger partial charge in [-0.15, -0.1) is 0 Å². The van der Waals surface area contributed by atoms with E-state index in [2.05, 4.69) is 0 Å². The molecule has 2 N–H and O–H groups in total. The second kappa shape index (κ2) is 7.69. The zero-order chi connectivity index (χ0) is 13.3. The number of carboxylic acids is 1. The number of aromatic carboxylic acids is 1. The number of rotatable bonds is 4. The van der Waals surface area contributed by atoms with Crippen molar-refractivity contribution in [1.82, 2.24) is 0 Å². The van der Waals surface area contributed by atoms with E-state index in [0.717, 1.165) is 11.1 Å². The molecule has 2 aromatic rings. The maximum absolute atomic E-state index is 11.0. The average Bonchev–Trinajstić information content (AvgIpc) is 2.65. The fourth-order valence-electron chi connectivity index (χ4n) is 1.73. The minimum atomic E-state index is -0.986. The monoisotopic (exact) mass is 288 g/mol. The van der Waals surface area contributed by atoms with Crippen molar-refractivity contribution >= 4 is 16.9 Å². The molecule has 104 valence electrons. The second-order valence-corrected chi connectivity index (χ2v) is 4.75. The average molecular weight is 288 g/mol. The van der Waals surface area contributed by atoms with Gasteiger partial charge in [-0.3, -0.25) is 0 Å². The number of benzene rings is 1. The SMILES string of the molecule is Cc1cc2c(OCC(C)C)cc(C(=O)O)cc2o1.[Na+].[OH-]. The molecule has 1 aromatic heterocycles. The number of hydrogen-bond donors (Lipinski definition) is 1. The molecule has 0 spiro atoms. The number of fused-ring (bicyclic) bond motifs is 1. The first kappa shape index (κ1) is 19.0. The van der Waals surface area contributed by atoms with Crippen LogP contribution in [0.4, 0.5) is 0 Å². The van der Waals surface area contributed by atoms with Crippen LogP contribution in [0, 0.1) is 12.8 Å². The topological polar surface area (TPSA) is 89.7 Å². The molecule has 5 nitrogen and oxygen atoms in total. The Morgan fingerprint density at radius 1 is 1.35 bits per heavy atom. The van der Waals surface area contributed by atoms with E-state index in [0.29, 0.717) is 23.9 Å². The molecule has 0 saturated heterocycles. The molecule has 0 amide bonds. The van der Waals surface area contributed by atoms with Crippen molar-refractivity contribution in [2.75, 3.05) is 6.61 Å². The van der Waals surface area contributed by atoms with Crippen LogP contribution in [-0.2, 0) is 0 Å². The first-order valence-corrected chi connectivity index (χ1v) is 5.87. The van der Waals surface area contributed by atoms with Crippen molar-refractivity contribution in [2.24, 2.45) is 5.92 Å². The summed E-state index contributed by atoms with van der Waals surface area (Å²) in [5, 5.41) is 9.87. The largest absolute Gasteiger partial charge is 1.00 e. The number of hydrogen-bond acceptors (Lipinski definition) is 4. The van der Waals surface area contributed by atoms with Crippen LogP contribution in [0.3, 0.4) is 0 Å². The van der Waals surface area contributed by atoms with E-state index in [1.165, 1.54) is 6.07 Å². The first-order valence-electron chi connectivity index (χ1n) is 5.87. The Hall–Kier alpha value is -1.01. The third-order valence-electron chi connectivity index (χ3n) is 2.54. The van der Waals surface area contributed by atoms with Crippen LogP contribution in [0.5, 0.6) is 5.75 Å². The van der Waals surface area contributed by atoms with Gasteiger partial charge in [-0.1, -0.05) is 13.8 Å². The molecule has 0 fully saturated rings. The van der Waals surface area contributed by atoms with Crippen LogP contribution < -0.4 is 34.3 Å². The van der Waals surface area contributed by atoms with Crippen molar-refractivity contribution in [2.45, 2.75) is 20.8 Å². The molecule has 0 aliphatic carbocycles. The Morgan fingerprint density at radius 2 is 2.00 bits per heavy atom. The summed E-state index contributed by atoms with van der Waals surface area (Å²) in [4.78, 5) is 11.0. The fraction of sp³-hybridized carbons (Fsp3) is 0.357. The third kappa shape index (κ3) is 4.24. The van der Waals surface area contributed by atoms with Crippen molar-refractivity contribution in [3.8, 4) is 5.75 Å². The minimum Gasteiger partial charge on any atom is -0.870 e. The van der Waals surface area contributed by atoms with E-state index in [4.69, 9.17) is 14.3 Å². The van der Waals surface area contributed by atoms with Gasteiger partial charge in [-0.25, -0.2) is 4.79 Å². The van der Waals surface area contributed by atoms with Crippen LogP contribution in [0.15, 0.2) is 22.6 Å². The summed E-state index contributed by atoms with van der Waals surface area (Å²) >= 11 is 0. The molecule has 0 radical (unpaired) electrons. The molecule has 0 bridgehead atoms. The first-order chi connectivity index (χ1) is 8.47. The fourth-order valence-corrected chi connectivity index (χ4v) is 1.73. The van der Waals surface area contributed by atoms with Gasteiger partial charge in [-0.05, 0) is 31.0 Å². The number of carbonyl (C=O) groups is 1. The van der Waals surface area contributed by atoms with Crippen LogP contribution >= 0.6 is 0 Å². The van der Waals surface area contributed by atoms with Crippen molar-refractivity contribution < 1.29 is 54.1 Å². The Kier molecular flexibility index (Phi) is 7.30. The summed E-state index contributed by atoms with van der Waals surface area (Å²) in [7, 11) is 0. The molecular formula is C14H17NaO5. The zero-order valence-electron chi connectivity index (χ0n) is 12.1. The molecule has 2 rings (SSSR count). The normalized spacial score (nSPS) is 10.0. The molecule has 0 unspecified atom stereocenters. The molecule has 1 aromatic carbocycles. The maximum Gasteiger partial charge on any atom is 1.00 e. The summed E-state index contributed by atoms with van der Waals surface area (Å²) in [6, 6.07) is 4.92. The summed E-state index contributed by atoms with van der Waals surface area (Å²) in [5.41, 5.74) is 0.724. The van der Waals surface area contributed by atoms with E-state index >= 15 is 0 Å². The van der Waals surface area contributed by atoms with Crippen molar-refractivity contribution in [3.05, 3.63) is 29.5 Å². The number of carboxylic acid groups (broad SMARTS) is 1. The number of furan rings is 1. The van der Waals surface area contributed by atoms with Gasteiger partial charge in [-0.2, -0.15) is 0 Å². The van der Waals surface area contributed by atoms with Crippen LogP contribution in [0.1, 0.15) is 30.0 Å². The molecule has 0 aliphatic rings. The summed E-state index contributed by atoms with van der Waals surface area (Å²) < 4.78 is 11.1. The number of ether oxygens (including phenoxy) is 1. The molecule has 0 aliphatic heterocycles. The smallest absolute Gasteiger partial charge is 0.870 e. The van der Waals surface area contributed by atoms with Gasteiger partial charge >= 0.3 is 35.5 Å². The Morgan fingerprint density at radius 3 is 2.55 bits per heavy atom. The predicted molar refractivity (Wildman–Crippen MR) is 70.2 cm³/mol. The molecule has 0 atom stereocenters. The third-order valence-corrected chi connectivity index (χ3v) is 2.54. The zero-order valence-corrected chi connectivity index (χ0v) is 14.1. The van der Waals surface area contributed by atoms with Gasteiger partial charge in [0.15, 0.2) is 0 Å². The Labute approximate surface area is 139 Å². The molecule has 6 heteroatoms. The molecular weight excluding hydrogens is 271 g/mol. The quantitative estimate of drug-likeness (QED) is 0.817. The Bertz CT molecular complexity index is 589. The van der Waals surface area contributed by atoms with Crippen molar-refractivity contribution in [3.63, 3.8) is 0 Å². The summed E-state index contributed by atoms with van der Waals surface area (Å²) in [5.74, 6) is 0.694. The maximum atomic E-state index is 11.0.